The highest BCUT2D eigenvalue weighted by Gasteiger charge is 2.39. The molecular weight excluding hydrogens is 289 g/mol. The Labute approximate surface area is 119 Å². The fraction of sp³-hybridized carbons (Fsp3) is 0.538. The molecule has 0 aromatic carbocycles. The molecule has 5 nitrogen and oxygen atoms in total. The number of amides is 2. The number of hydrogen-bond acceptors (Lipinski definition) is 3. The van der Waals surface area contributed by atoms with Gasteiger partial charge in [0.2, 0.25) is 5.91 Å². The van der Waals surface area contributed by atoms with Crippen LogP contribution in [0.2, 0.25) is 0 Å². The largest absolute Gasteiger partial charge is 0.469 e. The van der Waals surface area contributed by atoms with E-state index in [4.69, 9.17) is 4.42 Å². The minimum absolute atomic E-state index is 0.304. The van der Waals surface area contributed by atoms with Crippen LogP contribution in [-0.2, 0) is 11.2 Å². The molecular formula is C13H15F3N2O3. The van der Waals surface area contributed by atoms with Crippen LogP contribution in [0.15, 0.2) is 16.7 Å². The van der Waals surface area contributed by atoms with E-state index in [0.717, 1.165) is 11.3 Å². The molecule has 0 unspecified atom stereocenters. The molecule has 1 aromatic heterocycles. The average molecular weight is 304 g/mol. The summed E-state index contributed by atoms with van der Waals surface area (Å²) in [6.07, 6.45) is -1.78. The van der Waals surface area contributed by atoms with Gasteiger partial charge in [-0.25, -0.2) is 0 Å². The van der Waals surface area contributed by atoms with E-state index in [1.165, 1.54) is 12.3 Å². The van der Waals surface area contributed by atoms with Crippen molar-refractivity contribution in [3.63, 3.8) is 0 Å². The Bertz CT molecular complexity index is 539. The topological polar surface area (TPSA) is 53.8 Å². The van der Waals surface area contributed by atoms with E-state index >= 15 is 0 Å². The molecule has 0 atom stereocenters. The minimum Gasteiger partial charge on any atom is -0.469 e. The van der Waals surface area contributed by atoms with Crippen LogP contribution in [0.1, 0.15) is 29.5 Å². The van der Waals surface area contributed by atoms with Crippen molar-refractivity contribution in [2.45, 2.75) is 25.9 Å². The summed E-state index contributed by atoms with van der Waals surface area (Å²) in [5.41, 5.74) is 0.304. The number of carbonyl (C=O) groups is 2. The highest BCUT2D eigenvalue weighted by atomic mass is 19.4. The Morgan fingerprint density at radius 1 is 1.43 bits per heavy atom. The van der Waals surface area contributed by atoms with Gasteiger partial charge < -0.3 is 14.2 Å². The number of halogens is 3. The van der Waals surface area contributed by atoms with Crippen molar-refractivity contribution in [2.24, 2.45) is 0 Å². The first-order valence-electron chi connectivity index (χ1n) is 6.52. The van der Waals surface area contributed by atoms with E-state index < -0.39 is 24.5 Å². The molecule has 1 aliphatic heterocycles. The molecule has 1 aliphatic rings. The molecule has 2 rings (SSSR count). The van der Waals surface area contributed by atoms with Gasteiger partial charge in [-0.15, -0.1) is 0 Å². The van der Waals surface area contributed by atoms with Crippen LogP contribution in [0.25, 0.3) is 0 Å². The monoisotopic (exact) mass is 304 g/mol. The molecule has 0 aliphatic carbocycles. The van der Waals surface area contributed by atoms with Crippen LogP contribution >= 0.6 is 0 Å². The van der Waals surface area contributed by atoms with E-state index in [9.17, 15) is 22.8 Å². The van der Waals surface area contributed by atoms with Gasteiger partial charge in [-0.3, -0.25) is 9.59 Å². The molecule has 1 aromatic rings. The lowest BCUT2D eigenvalue weighted by atomic mass is 10.1. The first kappa shape index (κ1) is 15.4. The first-order valence-corrected chi connectivity index (χ1v) is 6.52. The summed E-state index contributed by atoms with van der Waals surface area (Å²) < 4.78 is 42.2. The van der Waals surface area contributed by atoms with E-state index in [2.05, 4.69) is 0 Å². The smallest absolute Gasteiger partial charge is 0.406 e. The van der Waals surface area contributed by atoms with Gasteiger partial charge in [0.05, 0.1) is 18.5 Å². The quantitative estimate of drug-likeness (QED) is 0.855. The van der Waals surface area contributed by atoms with Crippen LogP contribution < -0.4 is 0 Å². The summed E-state index contributed by atoms with van der Waals surface area (Å²) in [5, 5.41) is 0. The third-order valence-electron chi connectivity index (χ3n) is 3.13. The molecule has 0 bridgehead atoms. The molecule has 1 saturated heterocycles. The van der Waals surface area contributed by atoms with Gasteiger partial charge in [0.1, 0.15) is 18.8 Å². The number of hydrogen-bond donors (Lipinski definition) is 0. The summed E-state index contributed by atoms with van der Waals surface area (Å²) in [7, 11) is 0. The first-order chi connectivity index (χ1) is 9.81. The van der Waals surface area contributed by atoms with E-state index in [-0.39, 0.29) is 13.2 Å². The summed E-state index contributed by atoms with van der Waals surface area (Å²) >= 11 is 0. The Balaban J connectivity index is 2.08. The predicted molar refractivity (Wildman–Crippen MR) is 66.4 cm³/mol. The molecule has 2 heterocycles. The molecule has 2 amide bonds. The summed E-state index contributed by atoms with van der Waals surface area (Å²) in [6, 6.07) is 1.48. The molecule has 21 heavy (non-hydrogen) atoms. The van der Waals surface area contributed by atoms with Crippen molar-refractivity contribution >= 4 is 11.8 Å². The zero-order valence-electron chi connectivity index (χ0n) is 11.4. The standard InChI is InChI=1S/C13H15F3N2O3/c1-2-3-10-9(4-5-21-10)12(20)17-6-11(19)18(8-17)7-13(14,15)16/h4-5H,2-3,6-8H2,1H3. The van der Waals surface area contributed by atoms with Crippen LogP contribution in [0.4, 0.5) is 13.2 Å². The number of aryl methyl sites for hydroxylation is 1. The number of alkyl halides is 3. The number of furan rings is 1. The molecule has 0 spiro atoms. The zero-order valence-corrected chi connectivity index (χ0v) is 11.4. The van der Waals surface area contributed by atoms with Gasteiger partial charge in [-0.05, 0) is 12.5 Å². The zero-order chi connectivity index (χ0) is 15.6. The Morgan fingerprint density at radius 2 is 2.14 bits per heavy atom. The molecule has 0 radical (unpaired) electrons. The third kappa shape index (κ3) is 3.56. The van der Waals surface area contributed by atoms with Gasteiger partial charge in [-0.1, -0.05) is 6.92 Å². The van der Waals surface area contributed by atoms with Gasteiger partial charge >= 0.3 is 6.18 Å². The molecule has 0 N–H and O–H groups in total. The second kappa shape index (κ2) is 5.79. The number of rotatable bonds is 4. The van der Waals surface area contributed by atoms with Crippen molar-refractivity contribution in [2.75, 3.05) is 19.8 Å². The highest BCUT2D eigenvalue weighted by molar-refractivity contribution is 5.98. The highest BCUT2D eigenvalue weighted by Crippen LogP contribution is 2.22. The van der Waals surface area contributed by atoms with Crippen LogP contribution in [0.3, 0.4) is 0 Å². The number of carbonyl (C=O) groups excluding carboxylic acids is 2. The molecule has 1 fully saturated rings. The van der Waals surface area contributed by atoms with Gasteiger partial charge in [0.25, 0.3) is 5.91 Å². The van der Waals surface area contributed by atoms with Crippen LogP contribution in [0.5, 0.6) is 0 Å². The maximum atomic E-state index is 12.3. The van der Waals surface area contributed by atoms with Crippen LogP contribution in [0, 0.1) is 0 Å². The Kier molecular flexibility index (Phi) is 4.24. The fourth-order valence-corrected chi connectivity index (χ4v) is 2.21. The van der Waals surface area contributed by atoms with Crippen molar-refractivity contribution in [1.82, 2.24) is 9.80 Å². The predicted octanol–water partition coefficient (Wildman–Crippen LogP) is 2.04. The maximum Gasteiger partial charge on any atom is 0.406 e. The van der Waals surface area contributed by atoms with Crippen LogP contribution in [-0.4, -0.2) is 47.5 Å². The van der Waals surface area contributed by atoms with Crippen molar-refractivity contribution in [3.05, 3.63) is 23.7 Å². The van der Waals surface area contributed by atoms with E-state index in [1.54, 1.807) is 0 Å². The Morgan fingerprint density at radius 3 is 2.76 bits per heavy atom. The lowest BCUT2D eigenvalue weighted by molar-refractivity contribution is -0.157. The van der Waals surface area contributed by atoms with E-state index in [1.807, 2.05) is 6.92 Å². The lowest BCUT2D eigenvalue weighted by Gasteiger charge is -2.19. The SMILES string of the molecule is CCCc1occc1C(=O)N1CC(=O)N(CC(F)(F)F)C1. The molecule has 0 saturated carbocycles. The van der Waals surface area contributed by atoms with Gasteiger partial charge in [0, 0.05) is 6.42 Å². The summed E-state index contributed by atoms with van der Waals surface area (Å²) in [5.74, 6) is -0.698. The fourth-order valence-electron chi connectivity index (χ4n) is 2.21. The summed E-state index contributed by atoms with van der Waals surface area (Å²) in [6.45, 7) is -0.121. The second-order valence-electron chi connectivity index (χ2n) is 4.86. The van der Waals surface area contributed by atoms with Gasteiger partial charge in [-0.2, -0.15) is 13.2 Å². The average Bonchev–Trinajstić information content (AvgIpc) is 2.95. The summed E-state index contributed by atoms with van der Waals surface area (Å²) in [4.78, 5) is 25.5. The van der Waals surface area contributed by atoms with Crippen molar-refractivity contribution in [3.8, 4) is 0 Å². The normalized spacial score (nSPS) is 15.9. The number of nitrogens with zero attached hydrogens (tertiary/aromatic N) is 2. The Hall–Kier alpha value is -1.99. The lowest BCUT2D eigenvalue weighted by Crippen LogP contribution is -2.37. The molecule has 116 valence electrons. The minimum atomic E-state index is -4.47. The van der Waals surface area contributed by atoms with E-state index in [0.29, 0.717) is 22.6 Å². The second-order valence-corrected chi connectivity index (χ2v) is 4.86. The van der Waals surface area contributed by atoms with Gasteiger partial charge in [0.15, 0.2) is 0 Å². The van der Waals surface area contributed by atoms with Crippen molar-refractivity contribution in [1.29, 1.82) is 0 Å². The van der Waals surface area contributed by atoms with Crippen molar-refractivity contribution < 1.29 is 27.2 Å². The molecule has 8 heteroatoms. The maximum absolute atomic E-state index is 12.3. The third-order valence-corrected chi connectivity index (χ3v) is 3.13.